The average Bonchev–Trinajstić information content (AvgIpc) is 2.36. The summed E-state index contributed by atoms with van der Waals surface area (Å²) in [5.41, 5.74) is 1.03. The molecule has 19 heavy (non-hydrogen) atoms. The predicted molar refractivity (Wildman–Crippen MR) is 73.3 cm³/mol. The van der Waals surface area contributed by atoms with Crippen molar-refractivity contribution in [3.63, 3.8) is 0 Å². The quantitative estimate of drug-likeness (QED) is 0.849. The highest BCUT2D eigenvalue weighted by molar-refractivity contribution is 6.31. The first-order chi connectivity index (χ1) is 8.97. The Kier molecular flexibility index (Phi) is 4.02. The molecule has 0 saturated carbocycles. The molecule has 0 radical (unpaired) electrons. The molecular formula is C13H9Cl2FN2O. The van der Waals surface area contributed by atoms with Crippen molar-refractivity contribution in [3.8, 4) is 0 Å². The molecule has 0 bridgehead atoms. The fourth-order valence-electron chi connectivity index (χ4n) is 1.50. The standard InChI is InChI=1S/C13H9Cl2FN2O/c1-7-4-9(6-17-12(7)15)18-13(19)10-5-8(14)2-3-11(10)16/h2-6H,1H3,(H,18,19). The number of hydrogen-bond acceptors (Lipinski definition) is 2. The Morgan fingerprint density at radius 2 is 2.05 bits per heavy atom. The van der Waals surface area contributed by atoms with Crippen molar-refractivity contribution in [1.82, 2.24) is 4.98 Å². The van der Waals surface area contributed by atoms with Gasteiger partial charge in [0.15, 0.2) is 0 Å². The van der Waals surface area contributed by atoms with Gasteiger partial charge in [0.2, 0.25) is 0 Å². The van der Waals surface area contributed by atoms with E-state index >= 15 is 0 Å². The zero-order chi connectivity index (χ0) is 14.0. The molecule has 6 heteroatoms. The maximum absolute atomic E-state index is 13.5. The van der Waals surface area contributed by atoms with Crippen LogP contribution in [0.2, 0.25) is 10.2 Å². The molecule has 0 aliphatic carbocycles. The van der Waals surface area contributed by atoms with Gasteiger partial charge in [0, 0.05) is 5.02 Å². The first kappa shape index (κ1) is 13.8. The fourth-order valence-corrected chi connectivity index (χ4v) is 1.77. The van der Waals surface area contributed by atoms with Gasteiger partial charge in [-0.1, -0.05) is 23.2 Å². The summed E-state index contributed by atoms with van der Waals surface area (Å²) in [4.78, 5) is 15.8. The van der Waals surface area contributed by atoms with Crippen LogP contribution in [0.4, 0.5) is 10.1 Å². The second-order valence-corrected chi connectivity index (χ2v) is 4.70. The van der Waals surface area contributed by atoms with Gasteiger partial charge in [0.05, 0.1) is 17.4 Å². The van der Waals surface area contributed by atoms with Crippen molar-refractivity contribution in [2.45, 2.75) is 6.92 Å². The largest absolute Gasteiger partial charge is 0.320 e. The first-order valence-corrected chi connectivity index (χ1v) is 6.11. The van der Waals surface area contributed by atoms with Crippen LogP contribution >= 0.6 is 23.2 Å². The molecule has 0 fully saturated rings. The Labute approximate surface area is 119 Å². The second kappa shape index (κ2) is 5.55. The Bertz CT molecular complexity index is 647. The van der Waals surface area contributed by atoms with E-state index in [1.807, 2.05) is 0 Å². The highest BCUT2D eigenvalue weighted by Crippen LogP contribution is 2.19. The van der Waals surface area contributed by atoms with Gasteiger partial charge in [0.25, 0.3) is 5.91 Å². The van der Waals surface area contributed by atoms with E-state index in [1.165, 1.54) is 18.3 Å². The smallest absolute Gasteiger partial charge is 0.258 e. The molecule has 1 amide bonds. The van der Waals surface area contributed by atoms with E-state index in [9.17, 15) is 9.18 Å². The third-order valence-corrected chi connectivity index (χ3v) is 3.08. The minimum absolute atomic E-state index is 0.125. The SMILES string of the molecule is Cc1cc(NC(=O)c2cc(Cl)ccc2F)cnc1Cl. The van der Waals surface area contributed by atoms with Gasteiger partial charge in [-0.3, -0.25) is 4.79 Å². The highest BCUT2D eigenvalue weighted by Gasteiger charge is 2.13. The zero-order valence-electron chi connectivity index (χ0n) is 9.88. The molecular weight excluding hydrogens is 290 g/mol. The Balaban J connectivity index is 2.25. The number of benzene rings is 1. The van der Waals surface area contributed by atoms with E-state index < -0.39 is 11.7 Å². The van der Waals surface area contributed by atoms with Crippen LogP contribution < -0.4 is 5.32 Å². The number of rotatable bonds is 2. The average molecular weight is 299 g/mol. The van der Waals surface area contributed by atoms with E-state index in [4.69, 9.17) is 23.2 Å². The summed E-state index contributed by atoms with van der Waals surface area (Å²) in [5.74, 6) is -1.23. The zero-order valence-corrected chi connectivity index (χ0v) is 11.4. The number of nitrogens with zero attached hydrogens (tertiary/aromatic N) is 1. The molecule has 1 heterocycles. The Morgan fingerprint density at radius 1 is 1.32 bits per heavy atom. The summed E-state index contributed by atoms with van der Waals surface area (Å²) in [6.07, 6.45) is 1.40. The summed E-state index contributed by atoms with van der Waals surface area (Å²) in [5, 5.41) is 3.18. The summed E-state index contributed by atoms with van der Waals surface area (Å²) in [6, 6.07) is 5.43. The Morgan fingerprint density at radius 3 is 2.74 bits per heavy atom. The molecule has 2 aromatic rings. The molecule has 0 saturated heterocycles. The molecule has 0 unspecified atom stereocenters. The van der Waals surface area contributed by atoms with Crippen molar-refractivity contribution in [1.29, 1.82) is 0 Å². The number of anilines is 1. The number of carbonyl (C=O) groups is 1. The van der Waals surface area contributed by atoms with Crippen LogP contribution in [0.1, 0.15) is 15.9 Å². The predicted octanol–water partition coefficient (Wildman–Crippen LogP) is 4.09. The van der Waals surface area contributed by atoms with Gasteiger partial charge < -0.3 is 5.32 Å². The number of carbonyl (C=O) groups excluding carboxylic acids is 1. The van der Waals surface area contributed by atoms with Crippen LogP contribution in [0.15, 0.2) is 30.5 Å². The molecule has 3 nitrogen and oxygen atoms in total. The van der Waals surface area contributed by atoms with Gasteiger partial charge >= 0.3 is 0 Å². The number of pyridine rings is 1. The lowest BCUT2D eigenvalue weighted by Crippen LogP contribution is -2.14. The first-order valence-electron chi connectivity index (χ1n) is 5.36. The van der Waals surface area contributed by atoms with E-state index in [2.05, 4.69) is 10.3 Å². The van der Waals surface area contributed by atoms with Gasteiger partial charge in [0.1, 0.15) is 11.0 Å². The fraction of sp³-hybridized carbons (Fsp3) is 0.0769. The number of halogens is 3. The molecule has 0 spiro atoms. The van der Waals surface area contributed by atoms with Crippen molar-refractivity contribution in [2.75, 3.05) is 5.32 Å². The van der Waals surface area contributed by atoms with E-state index in [-0.39, 0.29) is 10.6 Å². The number of nitrogens with one attached hydrogen (secondary N) is 1. The van der Waals surface area contributed by atoms with E-state index in [1.54, 1.807) is 13.0 Å². The number of aromatic nitrogens is 1. The van der Waals surface area contributed by atoms with Crippen LogP contribution in [0.25, 0.3) is 0 Å². The second-order valence-electron chi connectivity index (χ2n) is 3.91. The maximum Gasteiger partial charge on any atom is 0.258 e. The lowest BCUT2D eigenvalue weighted by Gasteiger charge is -2.07. The van der Waals surface area contributed by atoms with Gasteiger partial charge in [-0.05, 0) is 36.8 Å². The van der Waals surface area contributed by atoms with Crippen LogP contribution in [0.5, 0.6) is 0 Å². The number of amides is 1. The molecule has 1 aromatic heterocycles. The van der Waals surface area contributed by atoms with Crippen LogP contribution in [-0.2, 0) is 0 Å². The lowest BCUT2D eigenvalue weighted by atomic mass is 10.2. The highest BCUT2D eigenvalue weighted by atomic mass is 35.5. The van der Waals surface area contributed by atoms with Crippen LogP contribution in [0, 0.1) is 12.7 Å². The van der Waals surface area contributed by atoms with Gasteiger partial charge in [-0.25, -0.2) is 9.37 Å². The van der Waals surface area contributed by atoms with E-state index in [0.717, 1.165) is 6.07 Å². The molecule has 0 aliphatic heterocycles. The van der Waals surface area contributed by atoms with E-state index in [0.29, 0.717) is 16.4 Å². The van der Waals surface area contributed by atoms with Crippen molar-refractivity contribution in [2.24, 2.45) is 0 Å². The topological polar surface area (TPSA) is 42.0 Å². The normalized spacial score (nSPS) is 10.3. The third kappa shape index (κ3) is 3.22. The molecule has 0 atom stereocenters. The molecule has 2 rings (SSSR count). The number of hydrogen-bond donors (Lipinski definition) is 1. The molecule has 1 aromatic carbocycles. The lowest BCUT2D eigenvalue weighted by molar-refractivity contribution is 0.102. The van der Waals surface area contributed by atoms with Crippen molar-refractivity contribution >= 4 is 34.8 Å². The van der Waals surface area contributed by atoms with Crippen LogP contribution in [0.3, 0.4) is 0 Å². The number of aryl methyl sites for hydroxylation is 1. The monoisotopic (exact) mass is 298 g/mol. The summed E-state index contributed by atoms with van der Waals surface area (Å²) in [6.45, 7) is 1.75. The summed E-state index contributed by atoms with van der Waals surface area (Å²) in [7, 11) is 0. The Hall–Kier alpha value is -1.65. The molecule has 1 N–H and O–H groups in total. The van der Waals surface area contributed by atoms with Crippen molar-refractivity contribution in [3.05, 3.63) is 57.6 Å². The third-order valence-electron chi connectivity index (χ3n) is 2.45. The minimum Gasteiger partial charge on any atom is -0.320 e. The summed E-state index contributed by atoms with van der Waals surface area (Å²) >= 11 is 11.5. The molecule has 98 valence electrons. The van der Waals surface area contributed by atoms with Crippen molar-refractivity contribution < 1.29 is 9.18 Å². The maximum atomic E-state index is 13.5. The molecule has 0 aliphatic rings. The minimum atomic E-state index is -0.638. The van der Waals surface area contributed by atoms with Crippen LogP contribution in [-0.4, -0.2) is 10.9 Å². The summed E-state index contributed by atoms with van der Waals surface area (Å²) < 4.78 is 13.5. The van der Waals surface area contributed by atoms with Gasteiger partial charge in [-0.15, -0.1) is 0 Å². The van der Waals surface area contributed by atoms with Gasteiger partial charge in [-0.2, -0.15) is 0 Å².